The Bertz CT molecular complexity index is 440. The molecule has 2 unspecified atom stereocenters. The Morgan fingerprint density at radius 3 is 1.71 bits per heavy atom. The van der Waals surface area contributed by atoms with Gasteiger partial charge in [-0.15, -0.1) is 10.2 Å². The van der Waals surface area contributed by atoms with Crippen LogP contribution in [0.1, 0.15) is 27.7 Å². The lowest BCUT2D eigenvalue weighted by Crippen LogP contribution is -2.14. The van der Waals surface area contributed by atoms with Crippen LogP contribution in [0.4, 0.5) is 0 Å². The summed E-state index contributed by atoms with van der Waals surface area (Å²) in [6, 6.07) is 0. The lowest BCUT2D eigenvalue weighted by Gasteiger charge is -2.09. The highest BCUT2D eigenvalue weighted by Gasteiger charge is 2.12. The molecule has 0 aliphatic rings. The predicted molar refractivity (Wildman–Crippen MR) is 83.8 cm³/mol. The van der Waals surface area contributed by atoms with Crippen LogP contribution < -0.4 is 0 Å². The van der Waals surface area contributed by atoms with E-state index in [1.54, 1.807) is 0 Å². The van der Waals surface area contributed by atoms with E-state index in [1.165, 1.54) is 48.7 Å². The van der Waals surface area contributed by atoms with Gasteiger partial charge in [0.25, 0.3) is 0 Å². The van der Waals surface area contributed by atoms with Gasteiger partial charge in [-0.05, 0) is 13.8 Å². The number of carbonyl (C=O) groups is 2. The second kappa shape index (κ2) is 9.26. The molecule has 0 fully saturated rings. The minimum Gasteiger partial charge on any atom is -0.462 e. The average molecular weight is 350 g/mol. The van der Waals surface area contributed by atoms with Crippen LogP contribution in [0.15, 0.2) is 8.68 Å². The number of carbonyl (C=O) groups excluding carboxylic acids is 2. The first-order valence-corrected chi connectivity index (χ1v) is 9.09. The van der Waals surface area contributed by atoms with Crippen LogP contribution in [0.3, 0.4) is 0 Å². The molecule has 1 aromatic heterocycles. The van der Waals surface area contributed by atoms with Gasteiger partial charge in [-0.25, -0.2) is 0 Å². The summed E-state index contributed by atoms with van der Waals surface area (Å²) in [6.45, 7) is 6.47. The lowest BCUT2D eigenvalue weighted by molar-refractivity contribution is -0.145. The fourth-order valence-corrected chi connectivity index (χ4v) is 4.24. The fraction of sp³-hybridized carbons (Fsp3) is 0.667. The highest BCUT2D eigenvalue weighted by molar-refractivity contribution is 8.03. The SMILES string of the molecule is CC(=O)OC(C)CSc1nnc(SCC(C)OC(C)=O)s1. The Kier molecular flexibility index (Phi) is 8.05. The van der Waals surface area contributed by atoms with Crippen LogP contribution >= 0.6 is 34.9 Å². The van der Waals surface area contributed by atoms with E-state index in [2.05, 4.69) is 10.2 Å². The highest BCUT2D eigenvalue weighted by Crippen LogP contribution is 2.29. The van der Waals surface area contributed by atoms with Crippen LogP contribution in [-0.2, 0) is 19.1 Å². The Morgan fingerprint density at radius 1 is 1.00 bits per heavy atom. The Balaban J connectivity index is 2.32. The summed E-state index contributed by atoms with van der Waals surface area (Å²) in [4.78, 5) is 21.6. The summed E-state index contributed by atoms with van der Waals surface area (Å²) in [6.07, 6.45) is -0.312. The van der Waals surface area contributed by atoms with Crippen molar-refractivity contribution >= 4 is 46.8 Å². The first-order valence-electron chi connectivity index (χ1n) is 6.30. The second-order valence-electron chi connectivity index (χ2n) is 4.30. The lowest BCUT2D eigenvalue weighted by atomic mass is 10.5. The fourth-order valence-electron chi connectivity index (χ4n) is 1.33. The molecule has 1 rings (SSSR count). The maximum absolute atomic E-state index is 10.8. The molecule has 118 valence electrons. The number of aromatic nitrogens is 2. The van der Waals surface area contributed by atoms with Crippen molar-refractivity contribution in [2.75, 3.05) is 11.5 Å². The molecule has 0 radical (unpaired) electrons. The summed E-state index contributed by atoms with van der Waals surface area (Å²) in [5, 5.41) is 8.14. The molecule has 0 N–H and O–H groups in total. The van der Waals surface area contributed by atoms with E-state index in [9.17, 15) is 9.59 Å². The number of nitrogens with zero attached hydrogens (tertiary/aromatic N) is 2. The number of hydrogen-bond acceptors (Lipinski definition) is 9. The van der Waals surface area contributed by atoms with Crippen molar-refractivity contribution in [2.24, 2.45) is 0 Å². The maximum Gasteiger partial charge on any atom is 0.302 e. The number of ether oxygens (including phenoxy) is 2. The predicted octanol–water partition coefficient (Wildman–Crippen LogP) is 2.63. The molecule has 0 saturated heterocycles. The van der Waals surface area contributed by atoms with Gasteiger partial charge in [0.05, 0.1) is 0 Å². The largest absolute Gasteiger partial charge is 0.462 e. The maximum atomic E-state index is 10.8. The summed E-state index contributed by atoms with van der Waals surface area (Å²) in [7, 11) is 0. The van der Waals surface area contributed by atoms with Crippen molar-refractivity contribution in [3.63, 3.8) is 0 Å². The van der Waals surface area contributed by atoms with E-state index < -0.39 is 0 Å². The van der Waals surface area contributed by atoms with Crippen molar-refractivity contribution in [2.45, 2.75) is 48.6 Å². The van der Waals surface area contributed by atoms with Gasteiger partial charge in [-0.2, -0.15) is 0 Å². The van der Waals surface area contributed by atoms with Crippen molar-refractivity contribution < 1.29 is 19.1 Å². The Morgan fingerprint density at radius 2 is 1.38 bits per heavy atom. The molecule has 0 aromatic carbocycles. The number of hydrogen-bond donors (Lipinski definition) is 0. The molecule has 2 atom stereocenters. The van der Waals surface area contributed by atoms with Gasteiger partial charge in [0.1, 0.15) is 12.2 Å². The molecule has 0 saturated carbocycles. The van der Waals surface area contributed by atoms with Crippen molar-refractivity contribution in [3.05, 3.63) is 0 Å². The summed E-state index contributed by atoms with van der Waals surface area (Å²) >= 11 is 4.49. The third-order valence-electron chi connectivity index (χ3n) is 2.01. The van der Waals surface area contributed by atoms with E-state index in [0.29, 0.717) is 11.5 Å². The molecule has 1 aromatic rings. The standard InChI is InChI=1S/C12H18N2O4S3/c1-7(17-9(3)15)5-19-11-13-14-12(21-11)20-6-8(2)18-10(4)16/h7-8H,5-6H2,1-4H3. The first kappa shape index (κ1) is 18.2. The van der Waals surface area contributed by atoms with Gasteiger partial charge in [-0.3, -0.25) is 9.59 Å². The van der Waals surface area contributed by atoms with Crippen molar-refractivity contribution in [1.82, 2.24) is 10.2 Å². The minimum atomic E-state index is -0.281. The first-order chi connectivity index (χ1) is 9.86. The topological polar surface area (TPSA) is 78.4 Å². The molecule has 1 heterocycles. The number of thioether (sulfide) groups is 2. The molecule has 0 aliphatic carbocycles. The number of esters is 2. The molecule has 9 heteroatoms. The van der Waals surface area contributed by atoms with Gasteiger partial charge < -0.3 is 9.47 Å². The second-order valence-corrected chi connectivity index (χ2v) is 7.81. The molecular formula is C12H18N2O4S3. The zero-order valence-electron chi connectivity index (χ0n) is 12.3. The van der Waals surface area contributed by atoms with Crippen LogP contribution in [-0.4, -0.2) is 45.8 Å². The van der Waals surface area contributed by atoms with Crippen LogP contribution in [0.2, 0.25) is 0 Å². The van der Waals surface area contributed by atoms with E-state index in [-0.39, 0.29) is 24.1 Å². The van der Waals surface area contributed by atoms with Crippen LogP contribution in [0, 0.1) is 0 Å². The molecule has 6 nitrogen and oxygen atoms in total. The van der Waals surface area contributed by atoms with Crippen molar-refractivity contribution in [1.29, 1.82) is 0 Å². The highest BCUT2D eigenvalue weighted by atomic mass is 32.2. The molecule has 0 amide bonds. The smallest absolute Gasteiger partial charge is 0.302 e. The van der Waals surface area contributed by atoms with Crippen LogP contribution in [0.5, 0.6) is 0 Å². The van der Waals surface area contributed by atoms with E-state index in [1.807, 2.05) is 13.8 Å². The third kappa shape index (κ3) is 8.27. The zero-order chi connectivity index (χ0) is 15.8. The Labute approximate surface area is 136 Å². The Hall–Kier alpha value is -0.800. The molecular weight excluding hydrogens is 332 g/mol. The zero-order valence-corrected chi connectivity index (χ0v) is 14.8. The quantitative estimate of drug-likeness (QED) is 0.523. The van der Waals surface area contributed by atoms with E-state index in [0.717, 1.165) is 8.68 Å². The van der Waals surface area contributed by atoms with E-state index in [4.69, 9.17) is 9.47 Å². The van der Waals surface area contributed by atoms with Gasteiger partial charge >= 0.3 is 11.9 Å². The van der Waals surface area contributed by atoms with Gasteiger partial charge in [0, 0.05) is 25.4 Å². The summed E-state index contributed by atoms with van der Waals surface area (Å²) in [5.41, 5.74) is 0. The summed E-state index contributed by atoms with van der Waals surface area (Å²) < 4.78 is 11.7. The normalized spacial score (nSPS) is 13.5. The average Bonchev–Trinajstić information content (AvgIpc) is 2.80. The number of rotatable bonds is 8. The monoisotopic (exact) mass is 350 g/mol. The van der Waals surface area contributed by atoms with Crippen molar-refractivity contribution in [3.8, 4) is 0 Å². The summed E-state index contributed by atoms with van der Waals surface area (Å²) in [5.74, 6) is 0.720. The van der Waals surface area contributed by atoms with Gasteiger partial charge in [-0.1, -0.05) is 34.9 Å². The molecule has 0 spiro atoms. The molecule has 0 aliphatic heterocycles. The van der Waals surface area contributed by atoms with Gasteiger partial charge in [0.2, 0.25) is 0 Å². The van der Waals surface area contributed by atoms with E-state index >= 15 is 0 Å². The minimum absolute atomic E-state index is 0.156. The molecule has 0 bridgehead atoms. The molecule has 21 heavy (non-hydrogen) atoms. The van der Waals surface area contributed by atoms with Crippen LogP contribution in [0.25, 0.3) is 0 Å². The van der Waals surface area contributed by atoms with Gasteiger partial charge in [0.15, 0.2) is 8.68 Å². The third-order valence-corrected chi connectivity index (χ3v) is 5.65.